The maximum absolute atomic E-state index is 12.2. The van der Waals surface area contributed by atoms with Gasteiger partial charge in [0.25, 0.3) is 0 Å². The van der Waals surface area contributed by atoms with Gasteiger partial charge in [0.05, 0.1) is 25.6 Å². The molecule has 30 heavy (non-hydrogen) atoms. The normalized spacial score (nSPS) is 10.6. The van der Waals surface area contributed by atoms with Gasteiger partial charge >= 0.3 is 6.03 Å². The van der Waals surface area contributed by atoms with Crippen LogP contribution in [-0.4, -0.2) is 36.3 Å². The van der Waals surface area contributed by atoms with Crippen molar-refractivity contribution in [3.63, 3.8) is 0 Å². The van der Waals surface area contributed by atoms with Crippen molar-refractivity contribution in [3.05, 3.63) is 54.5 Å². The Kier molecular flexibility index (Phi) is 7.83. The molecule has 7 heteroatoms. The molecule has 1 aromatic carbocycles. The molecule has 0 bridgehead atoms. The highest BCUT2D eigenvalue weighted by molar-refractivity contribution is 5.94. The van der Waals surface area contributed by atoms with Gasteiger partial charge in [-0.25, -0.2) is 4.79 Å². The van der Waals surface area contributed by atoms with Crippen molar-refractivity contribution in [1.29, 1.82) is 0 Å². The van der Waals surface area contributed by atoms with Crippen molar-refractivity contribution in [3.8, 4) is 11.5 Å². The third-order valence-electron chi connectivity index (χ3n) is 4.69. The van der Waals surface area contributed by atoms with E-state index in [2.05, 4.69) is 27.5 Å². The number of rotatable bonds is 10. The molecule has 0 aliphatic carbocycles. The quantitative estimate of drug-likeness (QED) is 0.480. The minimum Gasteiger partial charge on any atom is -0.493 e. The van der Waals surface area contributed by atoms with Crippen LogP contribution in [0.25, 0.3) is 10.9 Å². The predicted molar refractivity (Wildman–Crippen MR) is 118 cm³/mol. The first kappa shape index (κ1) is 21.4. The van der Waals surface area contributed by atoms with E-state index in [4.69, 9.17) is 9.47 Å². The minimum atomic E-state index is -0.269. The van der Waals surface area contributed by atoms with Crippen molar-refractivity contribution in [2.75, 3.05) is 25.6 Å². The molecule has 0 aliphatic rings. The number of fused-ring (bicyclic) bond motifs is 1. The summed E-state index contributed by atoms with van der Waals surface area (Å²) in [5.41, 5.74) is 2.46. The van der Waals surface area contributed by atoms with Crippen molar-refractivity contribution in [2.24, 2.45) is 0 Å². The van der Waals surface area contributed by atoms with Gasteiger partial charge in [-0.3, -0.25) is 9.97 Å². The van der Waals surface area contributed by atoms with Gasteiger partial charge in [0.2, 0.25) is 0 Å². The zero-order valence-electron chi connectivity index (χ0n) is 17.5. The SMILES string of the molecule is CCCCCOc1c(OC)ccc2cc(NC(=O)NCCc3ccncc3)cnc12. The second kappa shape index (κ2) is 11.0. The molecule has 0 atom stereocenters. The highest BCUT2D eigenvalue weighted by Gasteiger charge is 2.12. The summed E-state index contributed by atoms with van der Waals surface area (Å²) in [5, 5.41) is 6.56. The number of urea groups is 1. The molecule has 0 saturated carbocycles. The molecular weight excluding hydrogens is 380 g/mol. The number of nitrogens with zero attached hydrogens (tertiary/aromatic N) is 2. The first-order chi connectivity index (χ1) is 14.7. The molecule has 7 nitrogen and oxygen atoms in total. The Labute approximate surface area is 176 Å². The Morgan fingerprint density at radius 2 is 1.97 bits per heavy atom. The third kappa shape index (κ3) is 5.83. The van der Waals surface area contributed by atoms with Crippen LogP contribution in [0.2, 0.25) is 0 Å². The summed E-state index contributed by atoms with van der Waals surface area (Å²) in [5.74, 6) is 1.29. The average Bonchev–Trinajstić information content (AvgIpc) is 2.77. The Morgan fingerprint density at radius 3 is 2.73 bits per heavy atom. The Morgan fingerprint density at radius 1 is 1.13 bits per heavy atom. The maximum atomic E-state index is 12.2. The third-order valence-corrected chi connectivity index (χ3v) is 4.69. The largest absolute Gasteiger partial charge is 0.493 e. The van der Waals surface area contributed by atoms with Crippen molar-refractivity contribution in [2.45, 2.75) is 32.6 Å². The number of anilines is 1. The van der Waals surface area contributed by atoms with Gasteiger partial charge in [-0.15, -0.1) is 0 Å². The second-order valence-corrected chi connectivity index (χ2v) is 6.93. The zero-order chi connectivity index (χ0) is 21.2. The fourth-order valence-corrected chi connectivity index (χ4v) is 3.10. The molecule has 158 valence electrons. The highest BCUT2D eigenvalue weighted by Crippen LogP contribution is 2.35. The number of hydrogen-bond acceptors (Lipinski definition) is 5. The second-order valence-electron chi connectivity index (χ2n) is 6.93. The predicted octanol–water partition coefficient (Wildman–Crippen LogP) is 4.57. The van der Waals surface area contributed by atoms with Crippen LogP contribution in [0.15, 0.2) is 48.9 Å². The molecule has 0 radical (unpaired) electrons. The highest BCUT2D eigenvalue weighted by atomic mass is 16.5. The summed E-state index contributed by atoms with van der Waals surface area (Å²) >= 11 is 0. The topological polar surface area (TPSA) is 85.4 Å². The standard InChI is InChI=1S/C23H28N4O3/c1-3-4-5-14-30-22-20(29-2)7-6-18-15-19(16-26-21(18)22)27-23(28)25-13-10-17-8-11-24-12-9-17/h6-9,11-12,15-16H,3-5,10,13-14H2,1-2H3,(H2,25,27,28). The number of nitrogens with one attached hydrogen (secondary N) is 2. The lowest BCUT2D eigenvalue weighted by Gasteiger charge is -2.14. The summed E-state index contributed by atoms with van der Waals surface area (Å²) in [7, 11) is 1.62. The summed E-state index contributed by atoms with van der Waals surface area (Å²) in [6.07, 6.45) is 9.08. The van der Waals surface area contributed by atoms with Gasteiger partial charge in [-0.1, -0.05) is 19.8 Å². The molecular formula is C23H28N4O3. The minimum absolute atomic E-state index is 0.269. The van der Waals surface area contributed by atoms with Crippen LogP contribution >= 0.6 is 0 Å². The zero-order valence-corrected chi connectivity index (χ0v) is 17.5. The number of methoxy groups -OCH3 is 1. The molecule has 0 fully saturated rings. The van der Waals surface area contributed by atoms with E-state index in [0.717, 1.165) is 42.1 Å². The lowest BCUT2D eigenvalue weighted by atomic mass is 10.2. The summed E-state index contributed by atoms with van der Waals surface area (Å²) in [6, 6.07) is 9.24. The number of carbonyl (C=O) groups is 1. The number of hydrogen-bond donors (Lipinski definition) is 2. The van der Waals surface area contributed by atoms with Crippen LogP contribution in [0, 0.1) is 0 Å². The lowest BCUT2D eigenvalue weighted by Crippen LogP contribution is -2.30. The first-order valence-corrected chi connectivity index (χ1v) is 10.2. The van der Waals surface area contributed by atoms with Crippen LogP contribution in [0.4, 0.5) is 10.5 Å². The van der Waals surface area contributed by atoms with E-state index in [1.54, 1.807) is 25.7 Å². The monoisotopic (exact) mass is 408 g/mol. The van der Waals surface area contributed by atoms with Gasteiger partial charge < -0.3 is 20.1 Å². The van der Waals surface area contributed by atoms with E-state index in [-0.39, 0.29) is 6.03 Å². The first-order valence-electron chi connectivity index (χ1n) is 10.2. The Balaban J connectivity index is 1.63. The number of pyridine rings is 2. The maximum Gasteiger partial charge on any atom is 0.319 e. The smallest absolute Gasteiger partial charge is 0.319 e. The number of aromatic nitrogens is 2. The van der Waals surface area contributed by atoms with Crippen LogP contribution in [0.5, 0.6) is 11.5 Å². The fourth-order valence-electron chi connectivity index (χ4n) is 3.10. The van der Waals surface area contributed by atoms with Gasteiger partial charge in [-0.2, -0.15) is 0 Å². The number of amides is 2. The van der Waals surface area contributed by atoms with Crippen molar-refractivity contribution < 1.29 is 14.3 Å². The van der Waals surface area contributed by atoms with Crippen LogP contribution in [0.3, 0.4) is 0 Å². The van der Waals surface area contributed by atoms with E-state index in [1.807, 2.05) is 30.3 Å². The van der Waals surface area contributed by atoms with Crippen molar-refractivity contribution >= 4 is 22.6 Å². The van der Waals surface area contributed by atoms with Crippen LogP contribution < -0.4 is 20.1 Å². The summed E-state index contributed by atoms with van der Waals surface area (Å²) in [4.78, 5) is 20.7. The van der Waals surface area contributed by atoms with Crippen LogP contribution in [0.1, 0.15) is 31.7 Å². The van der Waals surface area contributed by atoms with Crippen molar-refractivity contribution in [1.82, 2.24) is 15.3 Å². The van der Waals surface area contributed by atoms with Gasteiger partial charge in [0.15, 0.2) is 11.5 Å². The Hall–Kier alpha value is -3.35. The number of benzene rings is 1. The molecule has 0 saturated heterocycles. The van der Waals surface area contributed by atoms with Gasteiger partial charge in [-0.05, 0) is 48.7 Å². The molecule has 2 amide bonds. The molecule has 3 rings (SSSR count). The lowest BCUT2D eigenvalue weighted by molar-refractivity contribution is 0.252. The van der Waals surface area contributed by atoms with Gasteiger partial charge in [0.1, 0.15) is 5.52 Å². The van der Waals surface area contributed by atoms with E-state index in [0.29, 0.717) is 30.3 Å². The molecule has 3 aromatic rings. The average molecular weight is 409 g/mol. The number of ether oxygens (including phenoxy) is 2. The molecule has 0 aliphatic heterocycles. The van der Waals surface area contributed by atoms with E-state index < -0.39 is 0 Å². The molecule has 2 N–H and O–H groups in total. The van der Waals surface area contributed by atoms with Gasteiger partial charge in [0, 0.05) is 24.3 Å². The van der Waals surface area contributed by atoms with E-state index in [9.17, 15) is 4.79 Å². The summed E-state index contributed by atoms with van der Waals surface area (Å²) in [6.45, 7) is 3.30. The van der Waals surface area contributed by atoms with E-state index in [1.165, 1.54) is 0 Å². The molecule has 2 aromatic heterocycles. The number of unbranched alkanes of at least 4 members (excludes halogenated alkanes) is 2. The van der Waals surface area contributed by atoms with E-state index >= 15 is 0 Å². The Bertz CT molecular complexity index is 963. The molecule has 2 heterocycles. The molecule has 0 unspecified atom stereocenters. The number of carbonyl (C=O) groups excluding carboxylic acids is 1. The molecule has 0 spiro atoms. The summed E-state index contributed by atoms with van der Waals surface area (Å²) < 4.78 is 11.4. The fraction of sp³-hybridized carbons (Fsp3) is 0.348. The van der Waals surface area contributed by atoms with Crippen LogP contribution in [-0.2, 0) is 6.42 Å².